The summed E-state index contributed by atoms with van der Waals surface area (Å²) in [6.07, 6.45) is 6.90. The van der Waals surface area contributed by atoms with Crippen LogP contribution in [0.15, 0.2) is 46.8 Å². The van der Waals surface area contributed by atoms with E-state index in [1.54, 1.807) is 6.21 Å². The van der Waals surface area contributed by atoms with Crippen LogP contribution in [0.3, 0.4) is 0 Å². The van der Waals surface area contributed by atoms with Gasteiger partial charge in [0.05, 0.1) is 17.6 Å². The number of ketones is 1. The van der Waals surface area contributed by atoms with Crippen molar-refractivity contribution in [1.29, 1.82) is 0 Å². The van der Waals surface area contributed by atoms with E-state index in [0.29, 0.717) is 17.9 Å². The number of Topliss-reactive ketones (excluding diaryl/α,β-unsaturated/α-hetero) is 1. The van der Waals surface area contributed by atoms with E-state index in [1.807, 2.05) is 44.2 Å². The Balaban J connectivity index is 1.42. The lowest BCUT2D eigenvalue weighted by atomic mass is 9.92. The zero-order valence-corrected chi connectivity index (χ0v) is 16.0. The van der Waals surface area contributed by atoms with Gasteiger partial charge in [0, 0.05) is 24.7 Å². The van der Waals surface area contributed by atoms with Crippen LogP contribution >= 0.6 is 0 Å². The molecule has 1 aromatic carbocycles. The van der Waals surface area contributed by atoms with Gasteiger partial charge in [-0.3, -0.25) is 4.79 Å². The molecular weight excluding hydrogens is 340 g/mol. The molecule has 1 atom stereocenters. The van der Waals surface area contributed by atoms with E-state index in [2.05, 4.69) is 9.89 Å². The first-order valence-electron chi connectivity index (χ1n) is 9.79. The van der Waals surface area contributed by atoms with Crippen molar-refractivity contribution in [2.45, 2.75) is 39.2 Å². The third-order valence-electron chi connectivity index (χ3n) is 5.13. The second-order valence-corrected chi connectivity index (χ2v) is 7.61. The standard InChI is InChI=1S/C22H26N2O3/c1-15(2)26-18-7-5-16(6-8-18)20-10-9-19-21(25)17(13-23-22(19)27-20)14-24-11-3-4-12-24/h5-8,10,13,15,17H,3-4,9,11-12,14H2,1-2H3. The molecule has 0 amide bonds. The summed E-state index contributed by atoms with van der Waals surface area (Å²) in [5.41, 5.74) is 1.66. The maximum atomic E-state index is 12.8. The van der Waals surface area contributed by atoms with Crippen molar-refractivity contribution in [3.8, 4) is 5.75 Å². The summed E-state index contributed by atoms with van der Waals surface area (Å²) in [6, 6.07) is 7.81. The predicted octanol–water partition coefficient (Wildman–Crippen LogP) is 3.81. The van der Waals surface area contributed by atoms with Crippen LogP contribution in [-0.4, -0.2) is 42.6 Å². The number of allylic oxidation sites excluding steroid dienone is 2. The number of carbonyl (C=O) groups excluding carboxylic acids is 1. The van der Waals surface area contributed by atoms with Crippen LogP contribution in [0.25, 0.3) is 5.76 Å². The van der Waals surface area contributed by atoms with Crippen LogP contribution in [0.5, 0.6) is 5.75 Å². The highest BCUT2D eigenvalue weighted by Crippen LogP contribution is 2.33. The summed E-state index contributed by atoms with van der Waals surface area (Å²) in [6.45, 7) is 6.95. The van der Waals surface area contributed by atoms with E-state index in [9.17, 15) is 4.79 Å². The predicted molar refractivity (Wildman–Crippen MR) is 106 cm³/mol. The van der Waals surface area contributed by atoms with Crippen LogP contribution in [0.2, 0.25) is 0 Å². The number of carbonyl (C=O) groups is 1. The van der Waals surface area contributed by atoms with Gasteiger partial charge in [0.1, 0.15) is 11.5 Å². The smallest absolute Gasteiger partial charge is 0.226 e. The molecule has 5 heteroatoms. The van der Waals surface area contributed by atoms with E-state index in [0.717, 1.165) is 36.7 Å². The Morgan fingerprint density at radius 3 is 2.67 bits per heavy atom. The molecule has 0 radical (unpaired) electrons. The summed E-state index contributed by atoms with van der Waals surface area (Å²) >= 11 is 0. The minimum Gasteiger partial charge on any atom is -0.491 e. The van der Waals surface area contributed by atoms with E-state index in [-0.39, 0.29) is 17.8 Å². The fraction of sp³-hybridized carbons (Fsp3) is 0.455. The summed E-state index contributed by atoms with van der Waals surface area (Å²) < 4.78 is 11.6. The minimum atomic E-state index is -0.145. The Labute approximate surface area is 160 Å². The molecule has 4 rings (SSSR count). The molecule has 1 aromatic rings. The molecule has 1 fully saturated rings. The van der Waals surface area contributed by atoms with E-state index in [1.165, 1.54) is 12.8 Å². The van der Waals surface area contributed by atoms with Crippen molar-refractivity contribution in [3.63, 3.8) is 0 Å². The quantitative estimate of drug-likeness (QED) is 0.795. The average Bonchev–Trinajstić information content (AvgIpc) is 3.17. The minimum absolute atomic E-state index is 0.143. The van der Waals surface area contributed by atoms with E-state index >= 15 is 0 Å². The maximum Gasteiger partial charge on any atom is 0.226 e. The Morgan fingerprint density at radius 2 is 1.96 bits per heavy atom. The number of ether oxygens (including phenoxy) is 2. The Hall–Kier alpha value is -2.40. The Morgan fingerprint density at radius 1 is 1.22 bits per heavy atom. The van der Waals surface area contributed by atoms with Crippen molar-refractivity contribution in [2.75, 3.05) is 19.6 Å². The number of hydrogen-bond donors (Lipinski definition) is 0. The Bertz CT molecular complexity index is 799. The summed E-state index contributed by atoms with van der Waals surface area (Å²) in [5, 5.41) is 0. The number of benzene rings is 1. The molecule has 0 saturated carbocycles. The van der Waals surface area contributed by atoms with Crippen molar-refractivity contribution < 1.29 is 14.3 Å². The highest BCUT2D eigenvalue weighted by Gasteiger charge is 2.32. The van der Waals surface area contributed by atoms with Gasteiger partial charge in [-0.2, -0.15) is 0 Å². The largest absolute Gasteiger partial charge is 0.491 e. The summed E-state index contributed by atoms with van der Waals surface area (Å²) in [4.78, 5) is 19.7. The van der Waals surface area contributed by atoms with Crippen LogP contribution in [0, 0.1) is 5.92 Å². The average molecular weight is 366 g/mol. The summed E-state index contributed by atoms with van der Waals surface area (Å²) in [5.74, 6) is 2.04. The number of hydrogen-bond acceptors (Lipinski definition) is 5. The third-order valence-corrected chi connectivity index (χ3v) is 5.13. The van der Waals surface area contributed by atoms with Crippen LogP contribution in [0.4, 0.5) is 0 Å². The van der Waals surface area contributed by atoms with Gasteiger partial charge in [0.15, 0.2) is 5.78 Å². The van der Waals surface area contributed by atoms with Gasteiger partial charge in [0.2, 0.25) is 5.88 Å². The molecule has 0 aromatic heterocycles. The van der Waals surface area contributed by atoms with Gasteiger partial charge in [-0.15, -0.1) is 0 Å². The van der Waals surface area contributed by atoms with Crippen molar-refractivity contribution >= 4 is 17.8 Å². The number of rotatable bonds is 5. The van der Waals surface area contributed by atoms with Gasteiger partial charge in [-0.1, -0.05) is 0 Å². The first-order chi connectivity index (χ1) is 13.1. The fourth-order valence-electron chi connectivity index (χ4n) is 3.77. The highest BCUT2D eigenvalue weighted by atomic mass is 16.5. The molecule has 0 N–H and O–H groups in total. The van der Waals surface area contributed by atoms with Gasteiger partial charge in [-0.05, 0) is 70.1 Å². The number of aliphatic imine (C=N–C) groups is 1. The van der Waals surface area contributed by atoms with Crippen LogP contribution in [0.1, 0.15) is 38.7 Å². The molecule has 1 unspecified atom stereocenters. The van der Waals surface area contributed by atoms with Gasteiger partial charge < -0.3 is 14.4 Å². The zero-order chi connectivity index (χ0) is 18.8. The summed E-state index contributed by atoms with van der Waals surface area (Å²) in [7, 11) is 0. The lowest BCUT2D eigenvalue weighted by molar-refractivity contribution is -0.118. The molecular formula is C22H26N2O3. The topological polar surface area (TPSA) is 51.1 Å². The highest BCUT2D eigenvalue weighted by molar-refractivity contribution is 6.08. The molecule has 3 aliphatic rings. The first kappa shape index (κ1) is 18.0. The lowest BCUT2D eigenvalue weighted by Crippen LogP contribution is -2.35. The lowest BCUT2D eigenvalue weighted by Gasteiger charge is -2.26. The maximum absolute atomic E-state index is 12.8. The second kappa shape index (κ2) is 7.69. The normalized spacial score (nSPS) is 22.7. The van der Waals surface area contributed by atoms with Crippen molar-refractivity contribution in [2.24, 2.45) is 10.9 Å². The molecule has 1 saturated heterocycles. The molecule has 0 bridgehead atoms. The van der Waals surface area contributed by atoms with Gasteiger partial charge >= 0.3 is 0 Å². The Kier molecular flexibility index (Phi) is 5.12. The van der Waals surface area contributed by atoms with Crippen LogP contribution < -0.4 is 4.74 Å². The molecule has 0 spiro atoms. The monoisotopic (exact) mass is 366 g/mol. The second-order valence-electron chi connectivity index (χ2n) is 7.61. The first-order valence-corrected chi connectivity index (χ1v) is 9.79. The molecule has 0 aliphatic carbocycles. The molecule has 3 aliphatic heterocycles. The molecule has 142 valence electrons. The van der Waals surface area contributed by atoms with E-state index in [4.69, 9.17) is 9.47 Å². The van der Waals surface area contributed by atoms with E-state index < -0.39 is 0 Å². The molecule has 5 nitrogen and oxygen atoms in total. The molecule has 27 heavy (non-hydrogen) atoms. The van der Waals surface area contributed by atoms with Crippen molar-refractivity contribution in [1.82, 2.24) is 4.90 Å². The zero-order valence-electron chi connectivity index (χ0n) is 16.0. The van der Waals surface area contributed by atoms with Gasteiger partial charge in [-0.25, -0.2) is 4.99 Å². The van der Waals surface area contributed by atoms with Crippen molar-refractivity contribution in [3.05, 3.63) is 47.4 Å². The van der Waals surface area contributed by atoms with Crippen LogP contribution in [-0.2, 0) is 9.53 Å². The molecule has 3 heterocycles. The fourth-order valence-corrected chi connectivity index (χ4v) is 3.77. The SMILES string of the molecule is CC(C)Oc1ccc(C2=CCC3=C(N=CC(CN4CCCC4)C3=O)O2)cc1. The third kappa shape index (κ3) is 3.98. The number of likely N-dealkylation sites (tertiary alicyclic amines) is 1. The van der Waals surface area contributed by atoms with Gasteiger partial charge in [0.25, 0.3) is 0 Å². The number of nitrogens with zero attached hydrogens (tertiary/aromatic N) is 2.